The molecule has 0 unspecified atom stereocenters. The van der Waals surface area contributed by atoms with E-state index >= 15 is 0 Å². The van der Waals surface area contributed by atoms with Crippen LogP contribution in [-0.4, -0.2) is 52.1 Å². The second-order valence-corrected chi connectivity index (χ2v) is 7.11. The van der Waals surface area contributed by atoms with Gasteiger partial charge in [0.15, 0.2) is 5.82 Å². The van der Waals surface area contributed by atoms with E-state index in [-0.39, 0.29) is 53.3 Å². The van der Waals surface area contributed by atoms with Crippen molar-refractivity contribution in [1.82, 2.24) is 14.7 Å². The Morgan fingerprint density at radius 3 is 2.90 bits per heavy atom. The summed E-state index contributed by atoms with van der Waals surface area (Å²) >= 11 is 6.19. The fraction of sp³-hybridized carbons (Fsp3) is 0.300. The lowest BCUT2D eigenvalue weighted by atomic mass is 10.1. The number of aromatic nitrogens is 2. The van der Waals surface area contributed by atoms with Crippen molar-refractivity contribution in [2.75, 3.05) is 19.7 Å². The highest BCUT2D eigenvalue weighted by atomic mass is 35.5. The van der Waals surface area contributed by atoms with Gasteiger partial charge < -0.3 is 20.1 Å². The highest BCUT2D eigenvalue weighted by Crippen LogP contribution is 2.36. The average molecular weight is 450 g/mol. The summed E-state index contributed by atoms with van der Waals surface area (Å²) in [6.45, 7) is 5.02. The van der Waals surface area contributed by atoms with E-state index in [4.69, 9.17) is 26.8 Å². The Morgan fingerprint density at radius 1 is 1.48 bits per heavy atom. The van der Waals surface area contributed by atoms with Crippen LogP contribution in [0, 0.1) is 5.82 Å². The number of carbonyl (C=O) groups is 2. The number of nitrogens with zero attached hydrogens (tertiary/aromatic N) is 4. The Kier molecular flexibility index (Phi) is 6.59. The minimum Gasteiger partial charge on any atom is -0.491 e. The Labute approximate surface area is 182 Å². The molecule has 2 N–H and O–H groups in total. The summed E-state index contributed by atoms with van der Waals surface area (Å²) in [5.74, 6) is -1.33. The van der Waals surface area contributed by atoms with Gasteiger partial charge in [0.2, 0.25) is 11.8 Å². The molecule has 0 saturated heterocycles. The molecule has 1 aromatic heterocycles. The predicted octanol–water partition coefficient (Wildman–Crippen LogP) is 2.53. The summed E-state index contributed by atoms with van der Waals surface area (Å²) in [4.78, 5) is 30.2. The number of amides is 2. The molecule has 11 heteroatoms. The van der Waals surface area contributed by atoms with Gasteiger partial charge in [-0.15, -0.1) is 0 Å². The maximum Gasteiger partial charge on any atom is 0.259 e. The number of aliphatic imine (C=N–C) groups is 1. The van der Waals surface area contributed by atoms with Crippen LogP contribution in [0.15, 0.2) is 36.0 Å². The molecule has 1 aromatic carbocycles. The molecule has 0 radical (unpaired) electrons. The van der Waals surface area contributed by atoms with Gasteiger partial charge in [0, 0.05) is 7.05 Å². The number of ether oxygens (including phenoxy) is 2. The van der Waals surface area contributed by atoms with Crippen molar-refractivity contribution in [3.63, 3.8) is 0 Å². The van der Waals surface area contributed by atoms with Gasteiger partial charge in [-0.3, -0.25) is 14.3 Å². The van der Waals surface area contributed by atoms with Crippen LogP contribution in [0.2, 0.25) is 5.02 Å². The van der Waals surface area contributed by atoms with E-state index in [1.54, 1.807) is 14.0 Å². The number of carbonyl (C=O) groups excluding carboxylic acids is 2. The molecule has 2 heterocycles. The summed E-state index contributed by atoms with van der Waals surface area (Å²) < 4.78 is 27.1. The zero-order valence-electron chi connectivity index (χ0n) is 17.0. The number of aryl methyl sites for hydroxylation is 1. The molecule has 0 spiro atoms. The van der Waals surface area contributed by atoms with Crippen molar-refractivity contribution in [3.05, 3.63) is 53.0 Å². The molecule has 0 aliphatic carbocycles. The molecule has 1 aliphatic heterocycles. The molecule has 1 aliphatic rings. The maximum absolute atomic E-state index is 14.1. The van der Waals surface area contributed by atoms with Gasteiger partial charge in [0.05, 0.1) is 29.9 Å². The van der Waals surface area contributed by atoms with Crippen LogP contribution in [0.4, 0.5) is 10.2 Å². The molecule has 0 saturated carbocycles. The van der Waals surface area contributed by atoms with Gasteiger partial charge in [-0.05, 0) is 25.1 Å². The normalized spacial score (nSPS) is 18.7. The summed E-state index contributed by atoms with van der Waals surface area (Å²) in [6, 6.07) is 2.59. The Balaban J connectivity index is 2.14. The van der Waals surface area contributed by atoms with Crippen molar-refractivity contribution >= 4 is 35.1 Å². The lowest BCUT2D eigenvalue weighted by Gasteiger charge is -2.22. The third-order valence-electron chi connectivity index (χ3n) is 4.58. The lowest BCUT2D eigenvalue weighted by Crippen LogP contribution is -2.40. The van der Waals surface area contributed by atoms with Crippen molar-refractivity contribution in [3.8, 4) is 5.75 Å². The van der Waals surface area contributed by atoms with Crippen LogP contribution in [0.1, 0.15) is 28.9 Å². The molecule has 164 valence electrons. The van der Waals surface area contributed by atoms with Gasteiger partial charge in [0.25, 0.3) is 5.91 Å². The zero-order valence-corrected chi connectivity index (χ0v) is 17.7. The highest BCUT2D eigenvalue weighted by Gasteiger charge is 2.26. The van der Waals surface area contributed by atoms with E-state index in [9.17, 15) is 14.0 Å². The molecule has 9 nitrogen and oxygen atoms in total. The first kappa shape index (κ1) is 22.3. The number of rotatable bonds is 3. The first-order valence-corrected chi connectivity index (χ1v) is 9.68. The Morgan fingerprint density at radius 2 is 2.23 bits per heavy atom. The molecular formula is C20H21ClFN5O4. The molecule has 0 fully saturated rings. The van der Waals surface area contributed by atoms with Gasteiger partial charge in [-0.1, -0.05) is 18.2 Å². The van der Waals surface area contributed by atoms with Crippen molar-refractivity contribution in [1.29, 1.82) is 0 Å². The third-order valence-corrected chi connectivity index (χ3v) is 4.96. The third kappa shape index (κ3) is 4.69. The number of nitrogens with two attached hydrogens (primary N) is 1. The number of benzene rings is 1. The first-order valence-electron chi connectivity index (χ1n) is 9.31. The molecule has 3 rings (SSSR count). The van der Waals surface area contributed by atoms with Gasteiger partial charge in [-0.25, -0.2) is 4.39 Å². The summed E-state index contributed by atoms with van der Waals surface area (Å²) in [5.41, 5.74) is 5.72. The molecule has 1 atom stereocenters. The Hall–Kier alpha value is -3.40. The Bertz CT molecular complexity index is 1070. The smallest absolute Gasteiger partial charge is 0.259 e. The van der Waals surface area contributed by atoms with Crippen molar-refractivity contribution in [2.24, 2.45) is 17.8 Å². The number of fused-ring (bicyclic) bond motifs is 2. The molecule has 0 bridgehead atoms. The van der Waals surface area contributed by atoms with Crippen LogP contribution in [0.25, 0.3) is 0 Å². The largest absolute Gasteiger partial charge is 0.491 e. The number of hydrogen-bond acceptors (Lipinski definition) is 6. The van der Waals surface area contributed by atoms with Crippen molar-refractivity contribution in [2.45, 2.75) is 13.0 Å². The van der Waals surface area contributed by atoms with E-state index < -0.39 is 23.7 Å². The second kappa shape index (κ2) is 9.17. The fourth-order valence-corrected chi connectivity index (χ4v) is 3.42. The quantitative estimate of drug-likeness (QED) is 0.773. The minimum absolute atomic E-state index is 0.00846. The first-order chi connectivity index (χ1) is 14.7. The SMILES string of the molecule is C=C/C1=N\c2c(cnn2C)C(=O)N(CC(N)=O)CCOc2ccc(F)c(Cl)c2[C@@H](C)O1. The fourth-order valence-electron chi connectivity index (χ4n) is 3.11. The minimum atomic E-state index is -0.759. The topological polar surface area (TPSA) is 112 Å². The lowest BCUT2D eigenvalue weighted by molar-refractivity contribution is -0.118. The molecular weight excluding hydrogens is 429 g/mol. The predicted molar refractivity (Wildman–Crippen MR) is 112 cm³/mol. The van der Waals surface area contributed by atoms with Crippen molar-refractivity contribution < 1.29 is 23.5 Å². The van der Waals surface area contributed by atoms with E-state index in [1.165, 1.54) is 34.0 Å². The highest BCUT2D eigenvalue weighted by molar-refractivity contribution is 6.31. The standard InChI is InChI=1S/C20H21ClFN5O4/c1-4-16-25-19-12(9-24-26(19)3)20(29)27(10-15(23)28)7-8-30-14-6-5-13(22)18(21)17(14)11(2)31-16/h4-6,9,11H,1,7-8,10H2,2-3H3,(H2,23,28)/b25-16+/t11-/m1/s1. The van der Waals surface area contributed by atoms with Crippen LogP contribution < -0.4 is 10.5 Å². The van der Waals surface area contributed by atoms with Gasteiger partial charge in [0.1, 0.15) is 29.8 Å². The van der Waals surface area contributed by atoms with E-state index in [2.05, 4.69) is 16.7 Å². The molecule has 2 aromatic rings. The van der Waals surface area contributed by atoms with Crippen LogP contribution >= 0.6 is 11.6 Å². The average Bonchev–Trinajstić information content (AvgIpc) is 3.08. The summed E-state index contributed by atoms with van der Waals surface area (Å²) in [5, 5.41) is 3.92. The maximum atomic E-state index is 14.1. The second-order valence-electron chi connectivity index (χ2n) is 6.73. The number of hydrogen-bond donors (Lipinski definition) is 1. The summed E-state index contributed by atoms with van der Waals surface area (Å²) in [6.07, 6.45) is 1.91. The van der Waals surface area contributed by atoms with Gasteiger partial charge >= 0.3 is 0 Å². The van der Waals surface area contributed by atoms with Crippen LogP contribution in [0.5, 0.6) is 5.75 Å². The van der Waals surface area contributed by atoms with Crippen LogP contribution in [0.3, 0.4) is 0 Å². The molecule has 31 heavy (non-hydrogen) atoms. The van der Waals surface area contributed by atoms with E-state index in [0.717, 1.165) is 0 Å². The van der Waals surface area contributed by atoms with E-state index in [1.807, 2.05) is 0 Å². The monoisotopic (exact) mass is 449 g/mol. The number of halogens is 2. The zero-order chi connectivity index (χ0) is 22.7. The van der Waals surface area contributed by atoms with Crippen LogP contribution in [-0.2, 0) is 16.6 Å². The molecule has 2 amide bonds. The number of primary amides is 1. The van der Waals surface area contributed by atoms with Gasteiger partial charge in [-0.2, -0.15) is 10.1 Å². The summed E-state index contributed by atoms with van der Waals surface area (Å²) in [7, 11) is 1.60. The van der Waals surface area contributed by atoms with E-state index in [0.29, 0.717) is 0 Å².